The van der Waals surface area contributed by atoms with E-state index in [2.05, 4.69) is 36.6 Å². The number of aliphatic hydroxyl groups is 2. The summed E-state index contributed by atoms with van der Waals surface area (Å²) >= 11 is 0. The van der Waals surface area contributed by atoms with E-state index in [1.807, 2.05) is 60.7 Å². The molecular weight excluding hydrogens is 1370 g/mol. The summed E-state index contributed by atoms with van der Waals surface area (Å²) in [6.07, 6.45) is 17.4. The van der Waals surface area contributed by atoms with Gasteiger partial charge in [0.15, 0.2) is 0 Å². The van der Waals surface area contributed by atoms with Crippen LogP contribution in [0.3, 0.4) is 0 Å². The maximum Gasteiger partial charge on any atom is 0.335 e. The maximum absolute atomic E-state index is 15.0. The molecule has 2 saturated heterocycles. The molecule has 12 N–H and O–H groups in total. The number of benzene rings is 4. The number of Topliss-reactive ketones (excluding diaryl/α,β-unsaturated/α-hetero) is 2. The summed E-state index contributed by atoms with van der Waals surface area (Å²) < 4.78 is 14.8. The SMILES string of the molecule is CO[C@@H]1[C@@H](C(=O)NC2(C(=O)C(N)=O)CCCCC2)N(C(=O)[C@@H](CC2CCCCC2)NC(=O)c2ccc3ccccc3c2)C[C@H]1n1nncc1C(C)(C)O.CO[C@@H]1[C@@H](C(=O)NC2(C(=O)C(N)=O)CCCCC2)N(C(=O)[C@H](N)CC2CCCCC2)C[C@H]1n1nncc1C(C)(C)O.O=C(O)c1ccc2ccccc2c1. The summed E-state index contributed by atoms with van der Waals surface area (Å²) in [5.74, 6) is -6.98. The molecule has 0 radical (unpaired) electrons. The number of amides is 7. The van der Waals surface area contributed by atoms with Crippen molar-refractivity contribution in [3.05, 3.63) is 120 Å². The Kier molecular flexibility index (Phi) is 25.9. The van der Waals surface area contributed by atoms with Gasteiger partial charge in [-0.15, -0.1) is 10.2 Å². The standard InChI is InChI=1S/C39H51N7O7.C28H45N7O6.C11H8O2/c1-38(2,52)30-22-41-44-46(30)29-23-45(31(32(29)53-3)36(50)43-39(33(47)34(40)48)18-10-5-11-19-39)37(51)28(20-24-12-6-4-7-13-24)42-35(49)27-17-16-25-14-8-9-15-26(25)21-27;1-27(2,40)20-15-31-33-35(20)19-16-34(26(39)18(29)14-17-10-6-4-7-11-17)21(22(19)41-3)25(38)32-28(23(36)24(30)37)12-8-5-9-13-28;12-11(13)10-6-5-8-3-1-2-4-9(8)7-10/h8-9,14-17,21-22,24,28-29,31-32,52H,4-7,10-13,18-20,23H2,1-3H3,(H2,40,48)(H,42,49)(H,43,50);15,17-19,21-22,40H,4-14,16,29H2,1-3H3,(H2,30,37)(H,32,38);1-7H,(H,12,13)/t28-,29-,31+,32+;18-,19-,21+,22+;/m11./s1. The van der Waals surface area contributed by atoms with E-state index in [4.69, 9.17) is 31.8 Å². The van der Waals surface area contributed by atoms with Crippen molar-refractivity contribution in [3.8, 4) is 0 Å². The number of ether oxygens (including phenoxy) is 2. The number of aromatic nitrogens is 6. The molecule has 2 aliphatic heterocycles. The van der Waals surface area contributed by atoms with E-state index in [0.717, 1.165) is 92.2 Å². The van der Waals surface area contributed by atoms with Gasteiger partial charge < -0.3 is 67.7 Å². The van der Waals surface area contributed by atoms with Crippen LogP contribution in [0.15, 0.2) is 97.3 Å². The smallest absolute Gasteiger partial charge is 0.335 e. The minimum absolute atomic E-state index is 0.0248. The fraction of sp³-hybridized carbons (Fsp3) is 0.564. The monoisotopic (exact) mass is 1480 g/mol. The Bertz CT molecular complexity index is 4200. The number of likely N-dealkylation sites (tertiary alicyclic amines) is 2. The first-order valence-electron chi connectivity index (χ1n) is 37.5. The Morgan fingerprint density at radius 1 is 0.533 bits per heavy atom. The zero-order valence-corrected chi connectivity index (χ0v) is 62.0. The molecule has 107 heavy (non-hydrogen) atoms. The third kappa shape index (κ3) is 18.4. The summed E-state index contributed by atoms with van der Waals surface area (Å²) in [4.78, 5) is 136. The average Bonchev–Trinajstić information content (AvgIpc) is 1.62. The van der Waals surface area contributed by atoms with E-state index in [1.165, 1.54) is 52.2 Å². The minimum Gasteiger partial charge on any atom is -0.478 e. The molecule has 7 amide bonds. The molecule has 8 atom stereocenters. The second-order valence-electron chi connectivity index (χ2n) is 30.8. The average molecular weight is 1480 g/mol. The van der Waals surface area contributed by atoms with E-state index in [9.17, 15) is 53.4 Å². The van der Waals surface area contributed by atoms with Crippen molar-refractivity contribution in [2.75, 3.05) is 27.3 Å². The van der Waals surface area contributed by atoms with E-state index in [1.54, 1.807) is 52.0 Å². The van der Waals surface area contributed by atoms with E-state index in [-0.39, 0.29) is 44.7 Å². The number of primary amides is 2. The number of methoxy groups -OCH3 is 2. The van der Waals surface area contributed by atoms with Crippen LogP contribution in [0, 0.1) is 11.8 Å². The van der Waals surface area contributed by atoms with Crippen molar-refractivity contribution in [2.45, 2.75) is 240 Å². The third-order valence-corrected chi connectivity index (χ3v) is 22.5. The minimum atomic E-state index is -1.52. The number of carbonyl (C=O) groups is 10. The second kappa shape index (κ2) is 34.6. The lowest BCUT2D eigenvalue weighted by atomic mass is 9.78. The van der Waals surface area contributed by atoms with Crippen LogP contribution >= 0.6 is 0 Å². The molecule has 0 unspecified atom stereocenters. The van der Waals surface area contributed by atoms with Gasteiger partial charge in [-0.2, -0.15) is 0 Å². The van der Waals surface area contributed by atoms with Crippen LogP contribution in [-0.2, 0) is 59.0 Å². The molecule has 4 aliphatic carbocycles. The second-order valence-corrected chi connectivity index (χ2v) is 30.8. The van der Waals surface area contributed by atoms with Crippen molar-refractivity contribution in [2.24, 2.45) is 29.0 Å². The highest BCUT2D eigenvalue weighted by Gasteiger charge is 2.56. The number of nitrogens with two attached hydrogens (primary N) is 3. The fourth-order valence-electron chi connectivity index (χ4n) is 16.9. The van der Waals surface area contributed by atoms with Gasteiger partial charge >= 0.3 is 5.97 Å². The number of carboxylic acid groups (broad SMARTS) is 1. The molecule has 0 spiro atoms. The number of carbonyl (C=O) groups excluding carboxylic acids is 9. The number of nitrogens with one attached hydrogen (secondary N) is 3. The molecule has 29 heteroatoms. The first kappa shape index (κ1) is 80.1. The Labute approximate surface area is 622 Å². The fourth-order valence-corrected chi connectivity index (χ4v) is 16.9. The Morgan fingerprint density at radius 2 is 0.916 bits per heavy atom. The normalized spacial score (nSPS) is 22.4. The van der Waals surface area contributed by atoms with Gasteiger partial charge in [0.25, 0.3) is 17.7 Å². The first-order valence-corrected chi connectivity index (χ1v) is 37.5. The summed E-state index contributed by atoms with van der Waals surface area (Å²) in [7, 11) is 2.85. The highest BCUT2D eigenvalue weighted by atomic mass is 16.5. The molecule has 4 saturated carbocycles. The van der Waals surface area contributed by atoms with Crippen LogP contribution in [0.1, 0.15) is 213 Å². The van der Waals surface area contributed by atoms with E-state index < -0.39 is 130 Å². The van der Waals surface area contributed by atoms with Crippen molar-refractivity contribution >= 4 is 80.4 Å². The molecule has 6 aromatic rings. The summed E-state index contributed by atoms with van der Waals surface area (Å²) in [5.41, 5.74) is 13.2. The molecule has 6 fully saturated rings. The third-order valence-electron chi connectivity index (χ3n) is 22.5. The molecule has 576 valence electrons. The quantitative estimate of drug-likeness (QED) is 0.0330. The number of carboxylic acids is 1. The van der Waals surface area contributed by atoms with Crippen LogP contribution < -0.4 is 33.2 Å². The molecule has 0 bridgehead atoms. The van der Waals surface area contributed by atoms with Gasteiger partial charge in [-0.25, -0.2) is 14.2 Å². The number of nitrogens with zero attached hydrogens (tertiary/aromatic N) is 8. The van der Waals surface area contributed by atoms with Gasteiger partial charge in [0, 0.05) is 32.9 Å². The Hall–Kier alpha value is -9.42. The molecule has 6 aliphatic rings. The summed E-state index contributed by atoms with van der Waals surface area (Å²) in [6, 6.07) is 20.1. The van der Waals surface area contributed by atoms with E-state index in [0.29, 0.717) is 67.0 Å². The Balaban J connectivity index is 0.000000199. The zero-order valence-electron chi connectivity index (χ0n) is 62.0. The molecule has 4 aromatic carbocycles. The van der Waals surface area contributed by atoms with Crippen molar-refractivity contribution < 1.29 is 72.7 Å². The van der Waals surface area contributed by atoms with Gasteiger partial charge in [0.05, 0.1) is 35.4 Å². The van der Waals surface area contributed by atoms with Crippen LogP contribution in [-0.4, -0.2) is 189 Å². The van der Waals surface area contributed by atoms with Gasteiger partial charge in [0.2, 0.25) is 35.2 Å². The van der Waals surface area contributed by atoms with Crippen LogP contribution in [0.2, 0.25) is 0 Å². The molecular formula is C78H104N14O15. The van der Waals surface area contributed by atoms with Gasteiger partial charge in [-0.1, -0.05) is 174 Å². The predicted octanol–water partition coefficient (Wildman–Crippen LogP) is 6.05. The maximum atomic E-state index is 15.0. The van der Waals surface area contributed by atoms with Gasteiger partial charge in [-0.3, -0.25) is 43.2 Å². The van der Waals surface area contributed by atoms with E-state index >= 15 is 4.79 Å². The molecule has 12 rings (SSSR count). The number of hydrogen-bond donors (Lipinski definition) is 9. The summed E-state index contributed by atoms with van der Waals surface area (Å²) in [5, 5.41) is 59.6. The summed E-state index contributed by atoms with van der Waals surface area (Å²) in [6.45, 7) is 6.29. The van der Waals surface area contributed by atoms with Crippen LogP contribution in [0.4, 0.5) is 0 Å². The predicted molar refractivity (Wildman–Crippen MR) is 394 cm³/mol. The number of fused-ring (bicyclic) bond motifs is 2. The number of rotatable bonds is 23. The first-order chi connectivity index (χ1) is 51.0. The van der Waals surface area contributed by atoms with Crippen LogP contribution in [0.5, 0.6) is 0 Å². The molecule has 2 aromatic heterocycles. The lowest BCUT2D eigenvalue weighted by Crippen LogP contribution is -2.64. The van der Waals surface area contributed by atoms with Crippen LogP contribution in [0.25, 0.3) is 21.5 Å². The van der Waals surface area contributed by atoms with Gasteiger partial charge in [-0.05, 0) is 124 Å². The lowest BCUT2D eigenvalue weighted by Gasteiger charge is -2.38. The van der Waals surface area contributed by atoms with Crippen molar-refractivity contribution in [1.82, 2.24) is 55.7 Å². The molecule has 29 nitrogen and oxygen atoms in total. The van der Waals surface area contributed by atoms with Gasteiger partial charge in [0.1, 0.15) is 64.7 Å². The van der Waals surface area contributed by atoms with Crippen molar-refractivity contribution in [1.29, 1.82) is 0 Å². The highest BCUT2D eigenvalue weighted by molar-refractivity contribution is 6.40. The van der Waals surface area contributed by atoms with Crippen molar-refractivity contribution in [3.63, 3.8) is 0 Å². The lowest BCUT2D eigenvalue weighted by molar-refractivity contribution is -0.147. The molecule has 4 heterocycles. The topological polar surface area (TPSA) is 432 Å². The highest BCUT2D eigenvalue weighted by Crippen LogP contribution is 2.40. The largest absolute Gasteiger partial charge is 0.478 e. The zero-order chi connectivity index (χ0) is 77.1. The Morgan fingerprint density at radius 3 is 1.32 bits per heavy atom. The number of hydrogen-bond acceptors (Lipinski definition) is 19. The number of aromatic carboxylic acids is 1. The number of ketones is 2.